The molecule has 4 unspecified atom stereocenters. The molecule has 12 heteroatoms. The van der Waals surface area contributed by atoms with Crippen LogP contribution in [-0.2, 0) is 36.5 Å². The molecule has 1 saturated heterocycles. The van der Waals surface area contributed by atoms with Gasteiger partial charge in [0.05, 0.1) is 24.5 Å². The molecule has 0 spiro atoms. The highest BCUT2D eigenvalue weighted by atomic mass is 32.2. The summed E-state index contributed by atoms with van der Waals surface area (Å²) in [5.74, 6) is -2.77. The average molecular weight is 531 g/mol. The number of amides is 2. The molecule has 1 heterocycles. The second-order valence-corrected chi connectivity index (χ2v) is 9.69. The van der Waals surface area contributed by atoms with Crippen LogP contribution in [0.2, 0.25) is 0 Å². The van der Waals surface area contributed by atoms with Crippen LogP contribution in [0.1, 0.15) is 44.7 Å². The number of nitrogens with one attached hydrogen (secondary N) is 1. The van der Waals surface area contributed by atoms with E-state index in [4.69, 9.17) is 4.74 Å². The number of esters is 1. The van der Waals surface area contributed by atoms with Gasteiger partial charge in [-0.25, -0.2) is 4.79 Å². The monoisotopic (exact) mass is 530 g/mol. The number of thioether (sulfide) groups is 1. The number of carboxylic acids is 1. The summed E-state index contributed by atoms with van der Waals surface area (Å²) in [4.78, 5) is 50.2. The van der Waals surface area contributed by atoms with Gasteiger partial charge >= 0.3 is 18.1 Å². The summed E-state index contributed by atoms with van der Waals surface area (Å²) in [6.07, 6.45) is -4.36. The maximum Gasteiger partial charge on any atom is 0.416 e. The second kappa shape index (κ2) is 12.3. The summed E-state index contributed by atoms with van der Waals surface area (Å²) in [6, 6.07) is 1.69. The molecule has 2 rings (SSSR count). The first-order valence-electron chi connectivity index (χ1n) is 11.2. The molecule has 2 amide bonds. The summed E-state index contributed by atoms with van der Waals surface area (Å²) >= 11 is 1.12. The molecule has 4 atom stereocenters. The van der Waals surface area contributed by atoms with Crippen molar-refractivity contribution >= 4 is 35.5 Å². The average Bonchev–Trinajstić information content (AvgIpc) is 2.78. The number of nitrogens with zero attached hydrogens (tertiary/aromatic N) is 1. The van der Waals surface area contributed by atoms with Crippen LogP contribution in [0.4, 0.5) is 13.2 Å². The molecule has 2 N–H and O–H groups in total. The molecular weight excluding hydrogens is 501 g/mol. The number of carbonyl (C=O) groups excluding carboxylic acids is 3. The Balaban J connectivity index is 2.09. The number of rotatable bonds is 12. The number of β-lactam (4-membered cyclic amide) rings is 1. The number of ether oxygens (including phenoxy) is 1. The van der Waals surface area contributed by atoms with E-state index in [1.165, 1.54) is 19.1 Å². The first kappa shape index (κ1) is 29.2. The number of benzene rings is 1. The number of hydrogen-bond donors (Lipinski definition) is 2. The highest BCUT2D eigenvalue weighted by Crippen LogP contribution is 2.35. The van der Waals surface area contributed by atoms with Crippen molar-refractivity contribution in [1.29, 1.82) is 0 Å². The number of likely N-dealkylation sites (tertiary alicyclic amines) is 1. The van der Waals surface area contributed by atoms with E-state index in [-0.39, 0.29) is 30.3 Å². The number of hydrogen-bond acceptors (Lipinski definition) is 6. The molecular formula is C24H29F3N2O6S. The standard InChI is InChI=1S/C24H29F3N2O6S/c1-5-14(4)35-18(31)10-11-36-22-19(21(32)29(22)20(13(2)3)23(33)34)28-17(30)12-15-6-8-16(9-7-15)24(25,26)27/h6-9,14,19-20,22H,2,5,10-12H2,1,3-4H3,(H,28,30)(H,33,34). The topological polar surface area (TPSA) is 113 Å². The van der Waals surface area contributed by atoms with Crippen LogP contribution < -0.4 is 5.32 Å². The normalized spacial score (nSPS) is 19.2. The Bertz CT molecular complexity index is 985. The zero-order valence-corrected chi connectivity index (χ0v) is 20.9. The van der Waals surface area contributed by atoms with Crippen LogP contribution in [-0.4, -0.2) is 63.1 Å². The Morgan fingerprint density at radius 2 is 1.86 bits per heavy atom. The van der Waals surface area contributed by atoms with Crippen molar-refractivity contribution in [1.82, 2.24) is 10.2 Å². The zero-order chi connectivity index (χ0) is 27.2. The predicted octanol–water partition coefficient (Wildman–Crippen LogP) is 3.40. The van der Waals surface area contributed by atoms with E-state index in [0.29, 0.717) is 12.0 Å². The van der Waals surface area contributed by atoms with E-state index >= 15 is 0 Å². The van der Waals surface area contributed by atoms with Gasteiger partial charge in [0.15, 0.2) is 6.04 Å². The van der Waals surface area contributed by atoms with Gasteiger partial charge in [0.1, 0.15) is 11.4 Å². The van der Waals surface area contributed by atoms with E-state index in [1.54, 1.807) is 6.92 Å². The minimum Gasteiger partial charge on any atom is -0.479 e. The van der Waals surface area contributed by atoms with Crippen LogP contribution >= 0.6 is 11.8 Å². The van der Waals surface area contributed by atoms with Crippen molar-refractivity contribution in [2.75, 3.05) is 5.75 Å². The third-order valence-electron chi connectivity index (χ3n) is 5.52. The Hall–Kier alpha value is -3.02. The Morgan fingerprint density at radius 3 is 2.36 bits per heavy atom. The summed E-state index contributed by atoms with van der Waals surface area (Å²) in [7, 11) is 0. The van der Waals surface area contributed by atoms with Crippen LogP contribution in [0.5, 0.6) is 0 Å². The summed E-state index contributed by atoms with van der Waals surface area (Å²) < 4.78 is 43.4. The molecule has 1 aromatic rings. The molecule has 0 aromatic heterocycles. The van der Waals surface area contributed by atoms with Crippen molar-refractivity contribution < 1.29 is 42.2 Å². The third-order valence-corrected chi connectivity index (χ3v) is 6.80. The van der Waals surface area contributed by atoms with Crippen molar-refractivity contribution in [3.63, 3.8) is 0 Å². The van der Waals surface area contributed by atoms with Crippen LogP contribution in [0.3, 0.4) is 0 Å². The lowest BCUT2D eigenvalue weighted by Crippen LogP contribution is -2.73. The number of aliphatic carboxylic acids is 1. The molecule has 1 aromatic carbocycles. The van der Waals surface area contributed by atoms with Gasteiger partial charge in [-0.15, -0.1) is 11.8 Å². The van der Waals surface area contributed by atoms with E-state index in [0.717, 1.165) is 28.8 Å². The van der Waals surface area contributed by atoms with E-state index in [1.807, 2.05) is 6.92 Å². The van der Waals surface area contributed by atoms with Gasteiger partial charge in [-0.2, -0.15) is 13.2 Å². The van der Waals surface area contributed by atoms with E-state index < -0.39 is 53.0 Å². The Morgan fingerprint density at radius 1 is 1.25 bits per heavy atom. The van der Waals surface area contributed by atoms with Gasteiger partial charge in [0, 0.05) is 5.75 Å². The minimum absolute atomic E-state index is 0.0184. The van der Waals surface area contributed by atoms with E-state index in [9.17, 15) is 37.5 Å². The minimum atomic E-state index is -4.50. The highest BCUT2D eigenvalue weighted by molar-refractivity contribution is 8.00. The molecule has 36 heavy (non-hydrogen) atoms. The fraction of sp³-hybridized carbons (Fsp3) is 0.500. The van der Waals surface area contributed by atoms with E-state index in [2.05, 4.69) is 11.9 Å². The lowest BCUT2D eigenvalue weighted by Gasteiger charge is -2.49. The van der Waals surface area contributed by atoms with Gasteiger partial charge in [-0.1, -0.05) is 25.6 Å². The fourth-order valence-electron chi connectivity index (χ4n) is 3.49. The zero-order valence-electron chi connectivity index (χ0n) is 20.1. The van der Waals surface area contributed by atoms with Gasteiger partial charge in [-0.3, -0.25) is 14.4 Å². The summed E-state index contributed by atoms with van der Waals surface area (Å²) in [6.45, 7) is 8.73. The van der Waals surface area contributed by atoms with Crippen molar-refractivity contribution in [3.8, 4) is 0 Å². The summed E-state index contributed by atoms with van der Waals surface area (Å²) in [5.41, 5.74) is -0.321. The van der Waals surface area contributed by atoms with Gasteiger partial charge in [-0.05, 0) is 43.5 Å². The smallest absolute Gasteiger partial charge is 0.416 e. The van der Waals surface area contributed by atoms with Crippen LogP contribution in [0.15, 0.2) is 36.4 Å². The SMILES string of the molecule is C=C(C)C(C(=O)O)N1C(=O)C(NC(=O)Cc2ccc(C(F)(F)F)cc2)C1SCCC(=O)OC(C)CC. The molecule has 1 fully saturated rings. The van der Waals surface area contributed by atoms with Crippen LogP contribution in [0, 0.1) is 0 Å². The number of alkyl halides is 3. The first-order chi connectivity index (χ1) is 16.8. The lowest BCUT2D eigenvalue weighted by molar-refractivity contribution is -0.159. The summed E-state index contributed by atoms with van der Waals surface area (Å²) in [5, 5.41) is 11.3. The number of carboxylic acid groups (broad SMARTS) is 1. The Labute approximate surface area is 211 Å². The molecule has 1 aliphatic rings. The molecule has 0 radical (unpaired) electrons. The van der Waals surface area contributed by atoms with Crippen molar-refractivity contribution in [2.45, 2.75) is 69.8 Å². The first-order valence-corrected chi connectivity index (χ1v) is 12.3. The Kier molecular flexibility index (Phi) is 9.97. The van der Waals surface area contributed by atoms with Crippen molar-refractivity contribution in [2.24, 2.45) is 0 Å². The number of carbonyl (C=O) groups is 4. The molecule has 1 aliphatic heterocycles. The maximum absolute atomic E-state index is 12.8. The highest BCUT2D eigenvalue weighted by Gasteiger charge is 2.53. The van der Waals surface area contributed by atoms with Crippen LogP contribution in [0.25, 0.3) is 0 Å². The molecule has 8 nitrogen and oxygen atoms in total. The third kappa shape index (κ3) is 7.49. The van der Waals surface area contributed by atoms with Gasteiger partial charge in [0.25, 0.3) is 0 Å². The van der Waals surface area contributed by atoms with Crippen molar-refractivity contribution in [3.05, 3.63) is 47.5 Å². The molecule has 0 saturated carbocycles. The lowest BCUT2D eigenvalue weighted by atomic mass is 9.99. The predicted molar refractivity (Wildman–Crippen MR) is 127 cm³/mol. The maximum atomic E-state index is 12.8. The molecule has 0 bridgehead atoms. The second-order valence-electron chi connectivity index (χ2n) is 8.47. The largest absolute Gasteiger partial charge is 0.479 e. The fourth-order valence-corrected chi connectivity index (χ4v) is 4.78. The van der Waals surface area contributed by atoms with Gasteiger partial charge in [0.2, 0.25) is 11.8 Å². The number of halogens is 3. The molecule has 0 aliphatic carbocycles. The quantitative estimate of drug-likeness (QED) is 0.242. The van der Waals surface area contributed by atoms with Gasteiger partial charge < -0.3 is 20.1 Å². The molecule has 198 valence electrons.